The normalized spacial score (nSPS) is 10.5. The minimum Gasteiger partial charge on any atom is -0.481 e. The van der Waals surface area contributed by atoms with Crippen LogP contribution in [-0.2, 0) is 0 Å². The van der Waals surface area contributed by atoms with E-state index >= 15 is 0 Å². The number of aryl methyl sites for hydroxylation is 1. The number of anilines is 1. The van der Waals surface area contributed by atoms with Gasteiger partial charge in [0.25, 0.3) is 5.91 Å². The smallest absolute Gasteiger partial charge is 0.282 e. The van der Waals surface area contributed by atoms with Crippen molar-refractivity contribution in [2.45, 2.75) is 6.92 Å². The summed E-state index contributed by atoms with van der Waals surface area (Å²) in [5.41, 5.74) is 1.33. The first-order valence-electron chi connectivity index (χ1n) is 8.19. The molecule has 0 atom stereocenters. The van der Waals surface area contributed by atoms with Crippen LogP contribution in [0, 0.1) is 12.7 Å². The van der Waals surface area contributed by atoms with Crippen molar-refractivity contribution in [3.63, 3.8) is 0 Å². The Balaban J connectivity index is 2.05. The van der Waals surface area contributed by atoms with Gasteiger partial charge in [0.2, 0.25) is 11.3 Å². The molecule has 3 rings (SSSR count). The average molecular weight is 367 g/mol. The van der Waals surface area contributed by atoms with E-state index in [-0.39, 0.29) is 11.6 Å². The summed E-state index contributed by atoms with van der Waals surface area (Å²) < 4.78 is 19.7. The van der Waals surface area contributed by atoms with Gasteiger partial charge in [-0.1, -0.05) is 17.7 Å². The lowest BCUT2D eigenvalue weighted by molar-refractivity contribution is 0.0985. The van der Waals surface area contributed by atoms with Crippen LogP contribution in [0.15, 0.2) is 59.4 Å². The molecule has 7 heteroatoms. The van der Waals surface area contributed by atoms with E-state index in [1.54, 1.807) is 19.2 Å². The number of carbonyl (C=O) groups excluding carboxylic acids is 1. The standard InChI is InChI=1S/C20H18FN3O3/c1-13-4-8-15(9-5-13)23(2)20(26)19-17(25)12-18(27-3)24(22-19)16-10-6-14(21)7-11-16/h4-12H,1-3H3. The topological polar surface area (TPSA) is 64.4 Å². The van der Waals surface area contributed by atoms with Crippen LogP contribution in [-0.4, -0.2) is 29.8 Å². The number of hydrogen-bond donors (Lipinski definition) is 0. The summed E-state index contributed by atoms with van der Waals surface area (Å²) >= 11 is 0. The SMILES string of the molecule is COc1cc(=O)c(C(=O)N(C)c2ccc(C)cc2)nn1-c1ccc(F)cc1. The Morgan fingerprint density at radius 1 is 1.11 bits per heavy atom. The molecule has 0 fully saturated rings. The fraction of sp³-hybridized carbons (Fsp3) is 0.150. The number of aromatic nitrogens is 2. The maximum absolute atomic E-state index is 13.2. The highest BCUT2D eigenvalue weighted by atomic mass is 19.1. The number of halogens is 1. The van der Waals surface area contributed by atoms with Crippen molar-refractivity contribution in [1.29, 1.82) is 0 Å². The lowest BCUT2D eigenvalue weighted by atomic mass is 10.2. The van der Waals surface area contributed by atoms with Crippen LogP contribution < -0.4 is 15.1 Å². The molecule has 1 aromatic heterocycles. The Kier molecular flexibility index (Phi) is 5.03. The molecular weight excluding hydrogens is 349 g/mol. The molecule has 138 valence electrons. The molecule has 0 spiro atoms. The number of nitrogens with zero attached hydrogens (tertiary/aromatic N) is 3. The molecule has 6 nitrogen and oxygen atoms in total. The van der Waals surface area contributed by atoms with Crippen molar-refractivity contribution in [2.24, 2.45) is 0 Å². The van der Waals surface area contributed by atoms with Gasteiger partial charge >= 0.3 is 0 Å². The van der Waals surface area contributed by atoms with Gasteiger partial charge in [-0.05, 0) is 43.3 Å². The van der Waals surface area contributed by atoms with Crippen LogP contribution in [0.5, 0.6) is 5.88 Å². The summed E-state index contributed by atoms with van der Waals surface area (Å²) in [7, 11) is 2.96. The Hall–Kier alpha value is -3.48. The van der Waals surface area contributed by atoms with Crippen LogP contribution >= 0.6 is 0 Å². The highest BCUT2D eigenvalue weighted by molar-refractivity contribution is 6.04. The first kappa shape index (κ1) is 18.3. The Morgan fingerprint density at radius 2 is 1.74 bits per heavy atom. The Labute approximate surface area is 155 Å². The average Bonchev–Trinajstić information content (AvgIpc) is 2.68. The molecule has 0 aliphatic heterocycles. The van der Waals surface area contributed by atoms with Crippen LogP contribution in [0.1, 0.15) is 16.1 Å². The van der Waals surface area contributed by atoms with Crippen LogP contribution in [0.4, 0.5) is 10.1 Å². The summed E-state index contributed by atoms with van der Waals surface area (Å²) in [6, 6.07) is 14.0. The third kappa shape index (κ3) is 3.72. The zero-order chi connectivity index (χ0) is 19.6. The number of carbonyl (C=O) groups is 1. The molecule has 0 N–H and O–H groups in total. The highest BCUT2D eigenvalue weighted by Gasteiger charge is 2.21. The third-order valence-corrected chi connectivity index (χ3v) is 4.11. The molecule has 0 unspecified atom stereocenters. The zero-order valence-electron chi connectivity index (χ0n) is 15.1. The number of rotatable bonds is 4. The van der Waals surface area contributed by atoms with E-state index in [0.717, 1.165) is 5.56 Å². The van der Waals surface area contributed by atoms with Gasteiger partial charge in [-0.2, -0.15) is 5.10 Å². The van der Waals surface area contributed by atoms with Gasteiger partial charge in [-0.25, -0.2) is 9.07 Å². The van der Waals surface area contributed by atoms with Gasteiger partial charge in [-0.3, -0.25) is 9.59 Å². The maximum atomic E-state index is 13.2. The van der Waals surface area contributed by atoms with Crippen molar-refractivity contribution in [2.75, 3.05) is 19.1 Å². The van der Waals surface area contributed by atoms with Crippen molar-refractivity contribution < 1.29 is 13.9 Å². The minimum atomic E-state index is -0.561. The van der Waals surface area contributed by atoms with Crippen molar-refractivity contribution >= 4 is 11.6 Å². The van der Waals surface area contributed by atoms with Gasteiger partial charge in [0.15, 0.2) is 5.69 Å². The van der Waals surface area contributed by atoms with E-state index < -0.39 is 17.2 Å². The Morgan fingerprint density at radius 3 is 2.33 bits per heavy atom. The van der Waals surface area contributed by atoms with Crippen molar-refractivity contribution in [3.05, 3.63) is 81.9 Å². The van der Waals surface area contributed by atoms with E-state index in [1.807, 2.05) is 19.1 Å². The fourth-order valence-electron chi connectivity index (χ4n) is 2.55. The van der Waals surface area contributed by atoms with E-state index in [9.17, 15) is 14.0 Å². The summed E-state index contributed by atoms with van der Waals surface area (Å²) in [5.74, 6) is -0.822. The second-order valence-corrected chi connectivity index (χ2v) is 5.99. The van der Waals surface area contributed by atoms with Gasteiger partial charge in [0, 0.05) is 12.7 Å². The van der Waals surface area contributed by atoms with E-state index in [2.05, 4.69) is 5.10 Å². The molecule has 2 aromatic carbocycles. The summed E-state index contributed by atoms with van der Waals surface area (Å²) in [4.78, 5) is 26.6. The molecule has 27 heavy (non-hydrogen) atoms. The molecule has 0 bridgehead atoms. The predicted octanol–water partition coefficient (Wildman–Crippen LogP) is 2.97. The molecule has 0 saturated carbocycles. The van der Waals surface area contributed by atoms with Gasteiger partial charge < -0.3 is 9.64 Å². The number of ether oxygens (including phenoxy) is 1. The molecule has 0 aliphatic rings. The summed E-state index contributed by atoms with van der Waals surface area (Å²) in [6.07, 6.45) is 0. The summed E-state index contributed by atoms with van der Waals surface area (Å²) in [5, 5.41) is 4.17. The number of hydrogen-bond acceptors (Lipinski definition) is 4. The minimum absolute atomic E-state index is 0.140. The van der Waals surface area contributed by atoms with Crippen LogP contribution in [0.2, 0.25) is 0 Å². The van der Waals surface area contributed by atoms with Crippen LogP contribution in [0.3, 0.4) is 0 Å². The first-order chi connectivity index (χ1) is 12.9. The number of benzene rings is 2. The third-order valence-electron chi connectivity index (χ3n) is 4.11. The second kappa shape index (κ2) is 7.41. The highest BCUT2D eigenvalue weighted by Crippen LogP contribution is 2.18. The zero-order valence-corrected chi connectivity index (χ0v) is 15.1. The lowest BCUT2D eigenvalue weighted by Crippen LogP contribution is -2.33. The van der Waals surface area contributed by atoms with Crippen LogP contribution in [0.25, 0.3) is 5.69 Å². The molecule has 0 aliphatic carbocycles. The van der Waals surface area contributed by atoms with E-state index in [0.29, 0.717) is 11.4 Å². The fourth-order valence-corrected chi connectivity index (χ4v) is 2.55. The molecule has 1 amide bonds. The largest absolute Gasteiger partial charge is 0.481 e. The quantitative estimate of drug-likeness (QED) is 0.711. The Bertz CT molecular complexity index is 1030. The number of amides is 1. The lowest BCUT2D eigenvalue weighted by Gasteiger charge is -2.18. The maximum Gasteiger partial charge on any atom is 0.282 e. The van der Waals surface area contributed by atoms with E-state index in [1.165, 1.54) is 47.0 Å². The molecule has 0 radical (unpaired) electrons. The number of methoxy groups -OCH3 is 1. The second-order valence-electron chi connectivity index (χ2n) is 5.99. The predicted molar refractivity (Wildman–Crippen MR) is 100 cm³/mol. The molecule has 1 heterocycles. The van der Waals surface area contributed by atoms with E-state index in [4.69, 9.17) is 4.74 Å². The molecule has 3 aromatic rings. The molecular formula is C20H18FN3O3. The van der Waals surface area contributed by atoms with Crippen molar-refractivity contribution in [3.8, 4) is 11.6 Å². The van der Waals surface area contributed by atoms with Crippen molar-refractivity contribution in [1.82, 2.24) is 9.78 Å². The van der Waals surface area contributed by atoms with Gasteiger partial charge in [0.1, 0.15) is 5.82 Å². The summed E-state index contributed by atoms with van der Waals surface area (Å²) in [6.45, 7) is 1.94. The first-order valence-corrected chi connectivity index (χ1v) is 8.19. The monoisotopic (exact) mass is 367 g/mol. The van der Waals surface area contributed by atoms with Gasteiger partial charge in [0.05, 0.1) is 18.9 Å². The van der Waals surface area contributed by atoms with Gasteiger partial charge in [-0.15, -0.1) is 0 Å². The molecule has 0 saturated heterocycles.